The molecular weight excluding hydrogens is 424 g/mol. The summed E-state index contributed by atoms with van der Waals surface area (Å²) < 4.78 is 11.9. The molecule has 4 aliphatic heterocycles. The number of β-amino-alcohol motifs (C(OH)–C–C–N with tert-alkyl or cyclic N) is 1. The number of likely N-dealkylation sites (tertiary alicyclic amines) is 1. The SMILES string of the molecule is CC(C)(C)CC(C)(C)N1CC=C[C@]23O[C@@H]4C=CCCOC(=O)[C@@H]4[C@H]2C(=O)N(CCO)C3C1=O. The monoisotopic (exact) mass is 460 g/mol. The molecule has 0 radical (unpaired) electrons. The van der Waals surface area contributed by atoms with Gasteiger partial charge in [-0.15, -0.1) is 0 Å². The summed E-state index contributed by atoms with van der Waals surface area (Å²) in [6.07, 6.45) is 8.12. The Morgan fingerprint density at radius 2 is 1.85 bits per heavy atom. The van der Waals surface area contributed by atoms with E-state index in [1.807, 2.05) is 43.1 Å². The molecule has 5 atom stereocenters. The summed E-state index contributed by atoms with van der Waals surface area (Å²) in [5.74, 6) is -2.74. The lowest BCUT2D eigenvalue weighted by Gasteiger charge is -2.44. The first kappa shape index (κ1) is 24.0. The van der Waals surface area contributed by atoms with Crippen LogP contribution in [-0.2, 0) is 23.9 Å². The van der Waals surface area contributed by atoms with Crippen molar-refractivity contribution >= 4 is 17.8 Å². The van der Waals surface area contributed by atoms with E-state index in [2.05, 4.69) is 20.8 Å². The second-order valence-electron chi connectivity index (χ2n) is 11.4. The number of amides is 2. The number of nitrogens with zero attached hydrogens (tertiary/aromatic N) is 2. The Morgan fingerprint density at radius 3 is 2.52 bits per heavy atom. The van der Waals surface area contributed by atoms with Crippen LogP contribution in [0, 0.1) is 17.3 Å². The first-order valence-electron chi connectivity index (χ1n) is 11.8. The number of aliphatic hydroxyl groups excluding tert-OH is 1. The Labute approximate surface area is 195 Å². The zero-order valence-electron chi connectivity index (χ0n) is 20.2. The van der Waals surface area contributed by atoms with E-state index >= 15 is 0 Å². The molecule has 1 N–H and O–H groups in total. The topological polar surface area (TPSA) is 96.4 Å². The molecule has 182 valence electrons. The van der Waals surface area contributed by atoms with Crippen molar-refractivity contribution < 1.29 is 29.0 Å². The number of fused-ring (bicyclic) bond motifs is 2. The third-order valence-corrected chi connectivity index (χ3v) is 7.16. The van der Waals surface area contributed by atoms with Crippen LogP contribution in [0.15, 0.2) is 24.3 Å². The van der Waals surface area contributed by atoms with E-state index in [-0.39, 0.29) is 37.0 Å². The van der Waals surface area contributed by atoms with Gasteiger partial charge in [0.2, 0.25) is 11.8 Å². The van der Waals surface area contributed by atoms with Gasteiger partial charge >= 0.3 is 5.97 Å². The summed E-state index contributed by atoms with van der Waals surface area (Å²) in [7, 11) is 0. The predicted octanol–water partition coefficient (Wildman–Crippen LogP) is 1.68. The average Bonchev–Trinajstić information content (AvgIpc) is 3.04. The first-order chi connectivity index (χ1) is 15.4. The van der Waals surface area contributed by atoms with Crippen LogP contribution in [-0.4, -0.2) is 82.3 Å². The maximum absolute atomic E-state index is 14.1. The van der Waals surface area contributed by atoms with Gasteiger partial charge < -0.3 is 24.4 Å². The predicted molar refractivity (Wildman–Crippen MR) is 121 cm³/mol. The maximum Gasteiger partial charge on any atom is 0.312 e. The van der Waals surface area contributed by atoms with Crippen LogP contribution in [0.5, 0.6) is 0 Å². The van der Waals surface area contributed by atoms with E-state index in [9.17, 15) is 19.5 Å². The van der Waals surface area contributed by atoms with Crippen LogP contribution in [0.4, 0.5) is 0 Å². The highest BCUT2D eigenvalue weighted by Crippen LogP contribution is 2.53. The summed E-state index contributed by atoms with van der Waals surface area (Å²) in [5.41, 5.74) is -1.77. The summed E-state index contributed by atoms with van der Waals surface area (Å²) in [4.78, 5) is 44.0. The van der Waals surface area contributed by atoms with Crippen molar-refractivity contribution in [2.45, 2.75) is 70.7 Å². The highest BCUT2D eigenvalue weighted by molar-refractivity contribution is 5.99. The van der Waals surface area contributed by atoms with E-state index < -0.39 is 41.1 Å². The molecule has 2 saturated heterocycles. The van der Waals surface area contributed by atoms with Gasteiger partial charge in [-0.3, -0.25) is 14.4 Å². The number of ether oxygens (including phenoxy) is 2. The molecule has 0 bridgehead atoms. The molecule has 2 amide bonds. The lowest BCUT2D eigenvalue weighted by Crippen LogP contribution is -2.60. The second-order valence-corrected chi connectivity index (χ2v) is 11.4. The number of esters is 1. The van der Waals surface area contributed by atoms with Gasteiger partial charge in [0, 0.05) is 18.6 Å². The highest BCUT2D eigenvalue weighted by Gasteiger charge is 2.72. The Balaban J connectivity index is 1.80. The first-order valence-corrected chi connectivity index (χ1v) is 11.8. The Hall–Kier alpha value is -2.19. The van der Waals surface area contributed by atoms with Gasteiger partial charge in [-0.25, -0.2) is 0 Å². The quantitative estimate of drug-likeness (QED) is 0.507. The van der Waals surface area contributed by atoms with Gasteiger partial charge in [0.25, 0.3) is 0 Å². The van der Waals surface area contributed by atoms with Gasteiger partial charge in [0.1, 0.15) is 17.6 Å². The van der Waals surface area contributed by atoms with E-state index in [0.29, 0.717) is 13.0 Å². The highest BCUT2D eigenvalue weighted by atomic mass is 16.6. The average molecular weight is 461 g/mol. The van der Waals surface area contributed by atoms with Crippen LogP contribution in [0.3, 0.4) is 0 Å². The van der Waals surface area contributed by atoms with Gasteiger partial charge in [-0.1, -0.05) is 45.1 Å². The minimum atomic E-state index is -1.28. The van der Waals surface area contributed by atoms with Gasteiger partial charge in [-0.05, 0) is 32.1 Å². The molecule has 0 aliphatic carbocycles. The molecule has 4 aliphatic rings. The summed E-state index contributed by atoms with van der Waals surface area (Å²) >= 11 is 0. The fraction of sp³-hybridized carbons (Fsp3) is 0.720. The van der Waals surface area contributed by atoms with Crippen molar-refractivity contribution in [1.29, 1.82) is 0 Å². The van der Waals surface area contributed by atoms with E-state index in [1.54, 1.807) is 0 Å². The third-order valence-electron chi connectivity index (χ3n) is 7.16. The molecule has 8 heteroatoms. The fourth-order valence-corrected chi connectivity index (χ4v) is 6.39. The largest absolute Gasteiger partial charge is 0.465 e. The summed E-state index contributed by atoms with van der Waals surface area (Å²) in [5, 5.41) is 9.72. The molecular formula is C25H36N2O6. The molecule has 0 saturated carbocycles. The smallest absolute Gasteiger partial charge is 0.312 e. The number of rotatable bonds is 4. The number of aliphatic hydroxyl groups is 1. The number of cyclic esters (lactones) is 1. The molecule has 4 heterocycles. The lowest BCUT2D eigenvalue weighted by atomic mass is 9.77. The standard InChI is InChI=1S/C25H36N2O6/c1-23(2,3)15-24(4,5)27-11-8-10-25-18(20(29)26(12-13-28)19(25)21(27)30)17-16(33-25)9-6-7-14-32-22(17)31/h6,8-10,16-19,28H,7,11-15H2,1-5H3/t16-,17+,18+,19?,25+/m1/s1. The summed E-state index contributed by atoms with van der Waals surface area (Å²) in [6, 6.07) is -0.949. The van der Waals surface area contributed by atoms with E-state index in [1.165, 1.54) is 4.90 Å². The number of hydrogen-bond acceptors (Lipinski definition) is 6. The molecule has 2 fully saturated rings. The normalized spacial score (nSPS) is 34.4. The molecule has 8 nitrogen and oxygen atoms in total. The van der Waals surface area contributed by atoms with Crippen molar-refractivity contribution in [2.24, 2.45) is 17.3 Å². The van der Waals surface area contributed by atoms with E-state index in [4.69, 9.17) is 9.47 Å². The van der Waals surface area contributed by atoms with Crippen molar-refractivity contribution in [3.05, 3.63) is 24.3 Å². The maximum atomic E-state index is 14.1. The van der Waals surface area contributed by atoms with Crippen molar-refractivity contribution in [2.75, 3.05) is 26.3 Å². The van der Waals surface area contributed by atoms with Crippen molar-refractivity contribution in [1.82, 2.24) is 9.80 Å². The minimum Gasteiger partial charge on any atom is -0.465 e. The molecule has 33 heavy (non-hydrogen) atoms. The molecule has 1 spiro atoms. The number of carbonyl (C=O) groups excluding carboxylic acids is 3. The zero-order valence-corrected chi connectivity index (χ0v) is 20.2. The van der Waals surface area contributed by atoms with Crippen LogP contribution >= 0.6 is 0 Å². The third kappa shape index (κ3) is 3.91. The molecule has 0 aromatic heterocycles. The van der Waals surface area contributed by atoms with E-state index in [0.717, 1.165) is 6.42 Å². The van der Waals surface area contributed by atoms with Crippen LogP contribution in [0.2, 0.25) is 0 Å². The molecule has 1 unspecified atom stereocenters. The van der Waals surface area contributed by atoms with Crippen LogP contribution in [0.1, 0.15) is 47.5 Å². The van der Waals surface area contributed by atoms with Crippen LogP contribution in [0.25, 0.3) is 0 Å². The lowest BCUT2D eigenvalue weighted by molar-refractivity contribution is -0.156. The Bertz CT molecular complexity index is 888. The fourth-order valence-electron chi connectivity index (χ4n) is 6.39. The number of carbonyl (C=O) groups is 3. The van der Waals surface area contributed by atoms with Crippen molar-refractivity contribution in [3.63, 3.8) is 0 Å². The minimum absolute atomic E-state index is 0.000499. The van der Waals surface area contributed by atoms with Gasteiger partial charge in [0.15, 0.2) is 0 Å². The van der Waals surface area contributed by atoms with Crippen molar-refractivity contribution in [3.8, 4) is 0 Å². The zero-order chi connectivity index (χ0) is 24.2. The molecule has 0 aromatic carbocycles. The molecule has 0 aromatic rings. The van der Waals surface area contributed by atoms with Gasteiger partial charge in [0.05, 0.1) is 25.2 Å². The van der Waals surface area contributed by atoms with Crippen LogP contribution < -0.4 is 0 Å². The molecule has 4 rings (SSSR count). The Morgan fingerprint density at radius 1 is 1.12 bits per heavy atom. The summed E-state index contributed by atoms with van der Waals surface area (Å²) in [6.45, 7) is 10.8. The Kier molecular flexibility index (Phi) is 5.98. The number of hydrogen-bond donors (Lipinski definition) is 1. The van der Waals surface area contributed by atoms with Gasteiger partial charge in [-0.2, -0.15) is 0 Å². The second kappa shape index (κ2) is 8.24.